The van der Waals surface area contributed by atoms with Crippen molar-refractivity contribution in [2.24, 2.45) is 0 Å². The molecular weight excluding hydrogens is 833 g/mol. The van der Waals surface area contributed by atoms with Crippen LogP contribution in [0.2, 0.25) is 0 Å². The molecule has 0 atom stereocenters. The van der Waals surface area contributed by atoms with Crippen LogP contribution >= 0.6 is 0 Å². The van der Waals surface area contributed by atoms with Crippen LogP contribution in [-0.2, 0) is 0 Å². The van der Waals surface area contributed by atoms with Gasteiger partial charge in [-0.05, 0) is 118 Å². The number of benzene rings is 4. The first kappa shape index (κ1) is 50.4. The fourth-order valence-electron chi connectivity index (χ4n) is 10.0. The molecule has 0 amide bonds. The summed E-state index contributed by atoms with van der Waals surface area (Å²) in [5.41, 5.74) is 29.0. The fourth-order valence-corrected chi connectivity index (χ4v) is 15.1. The van der Waals surface area contributed by atoms with Gasteiger partial charge < -0.3 is 18.3 Å². The molecule has 4 aromatic rings. The Morgan fingerprint density at radius 2 is 0.515 bits per heavy atom. The first-order valence-corrected chi connectivity index (χ1v) is 27.6. The van der Waals surface area contributed by atoms with Crippen molar-refractivity contribution in [3.63, 3.8) is 0 Å². The smallest absolute Gasteiger partial charge is 0.343 e. The number of allylic oxidation sites excluding steroid dienone is 4. The van der Waals surface area contributed by atoms with Crippen molar-refractivity contribution in [3.8, 4) is 11.1 Å². The maximum atomic E-state index is 4.93. The van der Waals surface area contributed by atoms with Crippen molar-refractivity contribution in [1.29, 1.82) is 0 Å². The topological polar surface area (TPSA) is 13.0 Å². The average Bonchev–Trinajstić information content (AvgIpc) is 3.24. The van der Waals surface area contributed by atoms with Crippen molar-refractivity contribution in [2.45, 2.75) is 172 Å². The summed E-state index contributed by atoms with van der Waals surface area (Å²) in [5, 5.41) is 0. The number of rotatable bonds is 12. The molecule has 2 radical (unpaired) electrons. The second-order valence-corrected chi connectivity index (χ2v) is 24.8. The van der Waals surface area contributed by atoms with Crippen LogP contribution in [0.25, 0.3) is 0 Å². The second kappa shape index (κ2) is 20.5. The minimum Gasteiger partial charge on any atom is -0.343 e. The lowest BCUT2D eigenvalue weighted by Gasteiger charge is -2.46. The lowest BCUT2D eigenvalue weighted by Crippen LogP contribution is -2.57. The van der Waals surface area contributed by atoms with E-state index < -0.39 is 18.2 Å². The molecule has 0 N–H and O–H groups in total. The van der Waals surface area contributed by atoms with E-state index in [1.165, 1.54) is 78.7 Å². The molecule has 0 aliphatic carbocycles. The Kier molecular flexibility index (Phi) is 15.7. The maximum absolute atomic E-state index is 4.93. The van der Waals surface area contributed by atoms with Crippen LogP contribution in [0.15, 0.2) is 121 Å². The van der Waals surface area contributed by atoms with Crippen molar-refractivity contribution < 1.29 is 0 Å². The Morgan fingerprint density at radius 1 is 0.333 bits per heavy atom. The van der Waals surface area contributed by atoms with Crippen LogP contribution in [0.4, 0.5) is 22.7 Å². The molecule has 2 aliphatic heterocycles. The maximum Gasteiger partial charge on any atom is 0.402 e. The van der Waals surface area contributed by atoms with E-state index in [2.05, 4.69) is 239 Å². The van der Waals surface area contributed by atoms with Gasteiger partial charge in [0, 0.05) is 45.5 Å². The molecule has 0 aromatic heterocycles. The zero-order valence-corrected chi connectivity index (χ0v) is 45.9. The van der Waals surface area contributed by atoms with Gasteiger partial charge in [-0.15, -0.1) is 0 Å². The Morgan fingerprint density at radius 3 is 0.697 bits per heavy atom. The first-order chi connectivity index (χ1) is 31.1. The van der Waals surface area contributed by atoms with Crippen molar-refractivity contribution in [2.75, 3.05) is 18.3 Å². The van der Waals surface area contributed by atoms with Gasteiger partial charge in [0.25, 0.3) is 0 Å². The fraction of sp³-hybridized carbons (Fsp3) is 0.433. The average molecular weight is 913 g/mol. The number of hydrogen-bond acceptors (Lipinski definition) is 4. The highest BCUT2D eigenvalue weighted by molar-refractivity contribution is 6.82. The molecule has 0 unspecified atom stereocenters. The molecule has 66 heavy (non-hydrogen) atoms. The summed E-state index contributed by atoms with van der Waals surface area (Å²) in [7, 11) is -4.07. The lowest BCUT2D eigenvalue weighted by molar-refractivity contribution is 0.823. The molecule has 0 fully saturated rings. The highest BCUT2D eigenvalue weighted by atomic mass is 28.3. The molecule has 2 aliphatic rings. The highest BCUT2D eigenvalue weighted by Gasteiger charge is 2.43. The molecule has 0 bridgehead atoms. The van der Waals surface area contributed by atoms with Gasteiger partial charge in [0.1, 0.15) is 0 Å². The summed E-state index contributed by atoms with van der Waals surface area (Å²) in [4.78, 5) is 0. The van der Waals surface area contributed by atoms with E-state index in [0.717, 1.165) is 11.4 Å². The Balaban J connectivity index is 1.82. The third-order valence-corrected chi connectivity index (χ3v) is 18.2. The van der Waals surface area contributed by atoms with Gasteiger partial charge in [-0.1, -0.05) is 208 Å². The predicted molar refractivity (Wildman–Crippen MR) is 293 cm³/mol. The standard InChI is InChI=1S/C60H80N4Si2/c1-37(2)49-25-21-26-50(38(3)4)57(49)61-45(17)35-46(18)62(58-51(39(5)6)27-22-28-52(58)40(7)8)65(61)33-34-66-63(59-53(41(9)10)29-23-30-54(59)42(11)12)47(19)36-48(20)64(66)60-55(43(13)14)31-24-32-56(60)44(15)16/h21-32,35-44H,17,19H2,1-16,18,20H3. The molecule has 0 saturated carbocycles. The van der Waals surface area contributed by atoms with Crippen LogP contribution < -0.4 is 18.3 Å². The van der Waals surface area contributed by atoms with E-state index in [4.69, 9.17) is 13.2 Å². The third-order valence-electron chi connectivity index (χ3n) is 13.4. The molecule has 0 spiro atoms. The molecule has 4 aromatic carbocycles. The zero-order valence-electron chi connectivity index (χ0n) is 43.9. The van der Waals surface area contributed by atoms with Crippen LogP contribution in [0.5, 0.6) is 0 Å². The molecular formula is C60H80N4Si2. The second-order valence-electron chi connectivity index (χ2n) is 21.2. The normalized spacial score (nSPS) is 15.5. The number of nitrogens with zero attached hydrogens (tertiary/aromatic N) is 4. The first-order valence-electron chi connectivity index (χ1n) is 24.8. The summed E-state index contributed by atoms with van der Waals surface area (Å²) in [5.74, 6) is 2.45. The van der Waals surface area contributed by atoms with Gasteiger partial charge in [0.05, 0.1) is 0 Å². The Bertz CT molecular complexity index is 2290. The van der Waals surface area contributed by atoms with Crippen molar-refractivity contribution in [1.82, 2.24) is 0 Å². The van der Waals surface area contributed by atoms with E-state index in [0.29, 0.717) is 47.3 Å². The number of para-hydroxylation sites is 4. The van der Waals surface area contributed by atoms with Gasteiger partial charge in [0.15, 0.2) is 0 Å². The zero-order chi connectivity index (χ0) is 48.6. The molecule has 6 rings (SSSR count). The van der Waals surface area contributed by atoms with Crippen molar-refractivity contribution >= 4 is 41.0 Å². The van der Waals surface area contributed by atoms with Gasteiger partial charge >= 0.3 is 18.2 Å². The van der Waals surface area contributed by atoms with Gasteiger partial charge in [-0.25, -0.2) is 0 Å². The third kappa shape index (κ3) is 9.58. The quantitative estimate of drug-likeness (QED) is 0.104. The van der Waals surface area contributed by atoms with E-state index >= 15 is 0 Å². The minimum absolute atomic E-state index is 0.300. The van der Waals surface area contributed by atoms with E-state index in [9.17, 15) is 0 Å². The summed E-state index contributed by atoms with van der Waals surface area (Å²) in [6.07, 6.45) is 4.64. The molecule has 4 nitrogen and oxygen atoms in total. The van der Waals surface area contributed by atoms with Crippen LogP contribution in [-0.4, -0.2) is 18.2 Å². The SMILES string of the molecule is C=C1C=C(C)N(c2c(C(C)C)cccc2C(C)C)[Si](C#C[Si]2N(c3c(C(C)C)cccc3C(C)C)C(=C)C=C(C)N2c2c(C(C)C)cccc2C(C)C)N1c1c(C(C)C)cccc1C(C)C. The van der Waals surface area contributed by atoms with Crippen LogP contribution in [0.1, 0.15) is 216 Å². The van der Waals surface area contributed by atoms with Crippen molar-refractivity contribution in [3.05, 3.63) is 165 Å². The van der Waals surface area contributed by atoms with Gasteiger partial charge in [0.2, 0.25) is 0 Å². The largest absolute Gasteiger partial charge is 0.402 e. The minimum atomic E-state index is -2.03. The van der Waals surface area contributed by atoms with Crippen LogP contribution in [0.3, 0.4) is 0 Å². The summed E-state index contributed by atoms with van der Waals surface area (Å²) < 4.78 is 10.6. The molecule has 348 valence electrons. The van der Waals surface area contributed by atoms with Gasteiger partial charge in [-0.2, -0.15) is 0 Å². The van der Waals surface area contributed by atoms with E-state index in [1.54, 1.807) is 0 Å². The van der Waals surface area contributed by atoms with E-state index in [-0.39, 0.29) is 0 Å². The Labute approximate surface area is 405 Å². The number of anilines is 4. The highest BCUT2D eigenvalue weighted by Crippen LogP contribution is 2.47. The van der Waals surface area contributed by atoms with Gasteiger partial charge in [-0.3, -0.25) is 0 Å². The van der Waals surface area contributed by atoms with E-state index in [1.807, 2.05) is 0 Å². The molecule has 2 heterocycles. The molecule has 6 heteroatoms. The number of hydrogen-bond donors (Lipinski definition) is 0. The summed E-state index contributed by atoms with van der Waals surface area (Å²) >= 11 is 0. The van der Waals surface area contributed by atoms with Crippen LogP contribution in [0, 0.1) is 11.1 Å². The lowest BCUT2D eigenvalue weighted by atomic mass is 9.92. The summed E-state index contributed by atoms with van der Waals surface area (Å²) in [6.45, 7) is 51.8. The Hall–Kier alpha value is -4.97. The molecule has 0 saturated heterocycles. The summed E-state index contributed by atoms with van der Waals surface area (Å²) in [6, 6.07) is 27.8. The predicted octanol–water partition coefficient (Wildman–Crippen LogP) is 16.9. The monoisotopic (exact) mass is 913 g/mol.